The monoisotopic (exact) mass is 330 g/mol. The molecule has 1 amide bonds. The minimum absolute atomic E-state index is 0.228. The number of aromatic nitrogens is 1. The number of hydrogen-bond donors (Lipinski definition) is 2. The van der Waals surface area contributed by atoms with Gasteiger partial charge >= 0.3 is 5.97 Å². The van der Waals surface area contributed by atoms with Gasteiger partial charge in [0.25, 0.3) is 0 Å². The average Bonchev–Trinajstić information content (AvgIpc) is 3.04. The highest BCUT2D eigenvalue weighted by Crippen LogP contribution is 2.20. The SMILES string of the molecule is CCC(C)(NC(=O)CCCc1ncc(-c2ccccc2)o1)C(=O)O. The van der Waals surface area contributed by atoms with Crippen molar-refractivity contribution in [3.8, 4) is 11.3 Å². The fourth-order valence-electron chi connectivity index (χ4n) is 2.23. The summed E-state index contributed by atoms with van der Waals surface area (Å²) in [6, 6.07) is 9.66. The normalized spacial score (nSPS) is 13.2. The second kappa shape index (κ2) is 7.77. The summed E-state index contributed by atoms with van der Waals surface area (Å²) in [5.41, 5.74) is -0.269. The van der Waals surface area contributed by atoms with E-state index in [0.29, 0.717) is 30.9 Å². The molecule has 0 saturated carbocycles. The summed E-state index contributed by atoms with van der Waals surface area (Å²) in [7, 11) is 0. The second-order valence-corrected chi connectivity index (χ2v) is 5.88. The lowest BCUT2D eigenvalue weighted by Crippen LogP contribution is -2.51. The lowest BCUT2D eigenvalue weighted by atomic mass is 9.99. The minimum atomic E-state index is -1.22. The van der Waals surface area contributed by atoms with Gasteiger partial charge in [-0.25, -0.2) is 9.78 Å². The maximum absolute atomic E-state index is 11.9. The van der Waals surface area contributed by atoms with Crippen LogP contribution in [0.3, 0.4) is 0 Å². The number of aliphatic carboxylic acids is 1. The van der Waals surface area contributed by atoms with Gasteiger partial charge in [-0.1, -0.05) is 37.3 Å². The Kier molecular flexibility index (Phi) is 5.73. The number of aryl methyl sites for hydroxylation is 1. The van der Waals surface area contributed by atoms with Crippen LogP contribution in [0.2, 0.25) is 0 Å². The number of nitrogens with zero attached hydrogens (tertiary/aromatic N) is 1. The molecular weight excluding hydrogens is 308 g/mol. The fourth-order valence-corrected chi connectivity index (χ4v) is 2.23. The third kappa shape index (κ3) is 4.44. The van der Waals surface area contributed by atoms with Crippen LogP contribution >= 0.6 is 0 Å². The number of rotatable bonds is 8. The molecule has 128 valence electrons. The highest BCUT2D eigenvalue weighted by Gasteiger charge is 2.32. The first kappa shape index (κ1) is 17.7. The Hall–Kier alpha value is -2.63. The molecule has 0 fully saturated rings. The smallest absolute Gasteiger partial charge is 0.329 e. The van der Waals surface area contributed by atoms with Crippen molar-refractivity contribution in [3.63, 3.8) is 0 Å². The molecule has 0 aliphatic carbocycles. The molecule has 6 heteroatoms. The zero-order chi connectivity index (χ0) is 17.6. The summed E-state index contributed by atoms with van der Waals surface area (Å²) < 4.78 is 5.67. The van der Waals surface area contributed by atoms with E-state index in [9.17, 15) is 9.59 Å². The molecule has 1 unspecified atom stereocenters. The average molecular weight is 330 g/mol. The van der Waals surface area contributed by atoms with Gasteiger partial charge in [0.2, 0.25) is 5.91 Å². The standard InChI is InChI=1S/C18H22N2O4/c1-3-18(2,17(22)23)20-15(21)10-7-11-16-19-12-14(24-16)13-8-5-4-6-9-13/h4-6,8-9,12H,3,7,10-11H2,1-2H3,(H,20,21)(H,22,23). The van der Waals surface area contributed by atoms with Crippen molar-refractivity contribution in [1.82, 2.24) is 10.3 Å². The highest BCUT2D eigenvalue weighted by molar-refractivity contribution is 5.86. The Morgan fingerprint density at radius 2 is 2.00 bits per heavy atom. The molecule has 1 aromatic carbocycles. The van der Waals surface area contributed by atoms with E-state index in [0.717, 1.165) is 5.56 Å². The Balaban J connectivity index is 1.83. The summed E-state index contributed by atoms with van der Waals surface area (Å²) in [6.45, 7) is 3.24. The van der Waals surface area contributed by atoms with Crippen LogP contribution in [0.1, 0.15) is 39.0 Å². The summed E-state index contributed by atoms with van der Waals surface area (Å²) in [5, 5.41) is 11.7. The van der Waals surface area contributed by atoms with Gasteiger partial charge in [-0.2, -0.15) is 0 Å². The van der Waals surface area contributed by atoms with Gasteiger partial charge in [-0.05, 0) is 19.8 Å². The zero-order valence-corrected chi connectivity index (χ0v) is 13.9. The van der Waals surface area contributed by atoms with Gasteiger partial charge in [-0.15, -0.1) is 0 Å². The van der Waals surface area contributed by atoms with Gasteiger partial charge in [0, 0.05) is 18.4 Å². The predicted octanol–water partition coefficient (Wildman–Crippen LogP) is 3.03. The van der Waals surface area contributed by atoms with Crippen LogP contribution in [0.25, 0.3) is 11.3 Å². The van der Waals surface area contributed by atoms with Crippen molar-refractivity contribution in [2.45, 2.75) is 45.1 Å². The van der Waals surface area contributed by atoms with Crippen LogP contribution < -0.4 is 5.32 Å². The molecular formula is C18H22N2O4. The molecule has 0 spiro atoms. The van der Waals surface area contributed by atoms with E-state index in [4.69, 9.17) is 9.52 Å². The molecule has 6 nitrogen and oxygen atoms in total. The van der Waals surface area contributed by atoms with Crippen LogP contribution in [-0.2, 0) is 16.0 Å². The number of carbonyl (C=O) groups is 2. The highest BCUT2D eigenvalue weighted by atomic mass is 16.4. The van der Waals surface area contributed by atoms with Crippen molar-refractivity contribution >= 4 is 11.9 Å². The number of carboxylic acids is 1. The lowest BCUT2D eigenvalue weighted by Gasteiger charge is -2.24. The number of nitrogens with one attached hydrogen (secondary N) is 1. The van der Waals surface area contributed by atoms with Gasteiger partial charge < -0.3 is 14.8 Å². The third-order valence-corrected chi connectivity index (χ3v) is 4.00. The van der Waals surface area contributed by atoms with Crippen LogP contribution in [0.15, 0.2) is 40.9 Å². The summed E-state index contributed by atoms with van der Waals surface area (Å²) in [6.07, 6.45) is 3.29. The fraction of sp³-hybridized carbons (Fsp3) is 0.389. The molecule has 2 N–H and O–H groups in total. The van der Waals surface area contributed by atoms with Gasteiger partial charge in [0.1, 0.15) is 5.54 Å². The maximum atomic E-state index is 11.9. The van der Waals surface area contributed by atoms with Crippen molar-refractivity contribution in [2.24, 2.45) is 0 Å². The number of carboxylic acid groups (broad SMARTS) is 1. The number of amides is 1. The Bertz CT molecular complexity index is 696. The lowest BCUT2D eigenvalue weighted by molar-refractivity contribution is -0.147. The maximum Gasteiger partial charge on any atom is 0.329 e. The third-order valence-electron chi connectivity index (χ3n) is 4.00. The Morgan fingerprint density at radius 3 is 2.62 bits per heavy atom. The van der Waals surface area contributed by atoms with E-state index in [-0.39, 0.29) is 12.3 Å². The first-order valence-corrected chi connectivity index (χ1v) is 7.99. The predicted molar refractivity (Wildman–Crippen MR) is 89.4 cm³/mol. The van der Waals surface area contributed by atoms with Crippen molar-refractivity contribution in [3.05, 3.63) is 42.4 Å². The van der Waals surface area contributed by atoms with Crippen LogP contribution in [0, 0.1) is 0 Å². The van der Waals surface area contributed by atoms with Gasteiger partial charge in [0.15, 0.2) is 11.7 Å². The molecule has 0 radical (unpaired) electrons. The number of hydrogen-bond acceptors (Lipinski definition) is 4. The van der Waals surface area contributed by atoms with Gasteiger partial charge in [-0.3, -0.25) is 4.79 Å². The largest absolute Gasteiger partial charge is 0.480 e. The van der Waals surface area contributed by atoms with E-state index < -0.39 is 11.5 Å². The molecule has 0 aliphatic heterocycles. The molecule has 0 saturated heterocycles. The first-order valence-electron chi connectivity index (χ1n) is 7.99. The summed E-state index contributed by atoms with van der Waals surface area (Å²) >= 11 is 0. The molecule has 0 aliphatic rings. The second-order valence-electron chi connectivity index (χ2n) is 5.88. The van der Waals surface area contributed by atoms with Crippen molar-refractivity contribution < 1.29 is 19.1 Å². The van der Waals surface area contributed by atoms with E-state index in [2.05, 4.69) is 10.3 Å². The molecule has 1 heterocycles. The molecule has 24 heavy (non-hydrogen) atoms. The van der Waals surface area contributed by atoms with Crippen LogP contribution in [0.5, 0.6) is 0 Å². The minimum Gasteiger partial charge on any atom is -0.480 e. The van der Waals surface area contributed by atoms with Crippen molar-refractivity contribution in [1.29, 1.82) is 0 Å². The molecule has 2 aromatic rings. The zero-order valence-electron chi connectivity index (χ0n) is 13.9. The quantitative estimate of drug-likeness (QED) is 0.776. The molecule has 0 bridgehead atoms. The molecule has 1 atom stereocenters. The van der Waals surface area contributed by atoms with Crippen LogP contribution in [0.4, 0.5) is 0 Å². The molecule has 1 aromatic heterocycles. The number of oxazole rings is 1. The molecule has 2 rings (SSSR count). The van der Waals surface area contributed by atoms with E-state index >= 15 is 0 Å². The summed E-state index contributed by atoms with van der Waals surface area (Å²) in [4.78, 5) is 27.3. The summed E-state index contributed by atoms with van der Waals surface area (Å²) in [5.74, 6) is -0.0484. The number of carbonyl (C=O) groups excluding carboxylic acids is 1. The van der Waals surface area contributed by atoms with Crippen molar-refractivity contribution in [2.75, 3.05) is 0 Å². The first-order chi connectivity index (χ1) is 11.4. The van der Waals surface area contributed by atoms with E-state index in [1.54, 1.807) is 13.1 Å². The Labute approximate surface area is 140 Å². The topological polar surface area (TPSA) is 92.4 Å². The van der Waals surface area contributed by atoms with Crippen LogP contribution in [-0.4, -0.2) is 27.5 Å². The van der Waals surface area contributed by atoms with E-state index in [1.165, 1.54) is 6.92 Å². The van der Waals surface area contributed by atoms with E-state index in [1.807, 2.05) is 30.3 Å². The number of benzene rings is 1. The van der Waals surface area contributed by atoms with Gasteiger partial charge in [0.05, 0.1) is 6.20 Å². The Morgan fingerprint density at radius 1 is 1.29 bits per heavy atom.